The summed E-state index contributed by atoms with van der Waals surface area (Å²) in [5, 5.41) is 23.6. The van der Waals surface area contributed by atoms with Gasteiger partial charge in [-0.3, -0.25) is 0 Å². The fourth-order valence-electron chi connectivity index (χ4n) is 1.85. The number of aryl methyl sites for hydroxylation is 1. The molecule has 0 radical (unpaired) electrons. The monoisotopic (exact) mass is 197 g/mol. The highest BCUT2D eigenvalue weighted by Gasteiger charge is 2.22. The van der Waals surface area contributed by atoms with E-state index in [4.69, 9.17) is 0 Å². The van der Waals surface area contributed by atoms with Crippen LogP contribution in [0.25, 0.3) is 0 Å². The average Bonchev–Trinajstić information content (AvgIpc) is 2.72. The Morgan fingerprint density at radius 3 is 3.00 bits per heavy atom. The van der Waals surface area contributed by atoms with E-state index < -0.39 is 0 Å². The molecular formula is C8H15N5O. The predicted octanol–water partition coefficient (Wildman–Crippen LogP) is -0.217. The number of hydrogen-bond donors (Lipinski definition) is 2. The van der Waals surface area contributed by atoms with Crippen LogP contribution in [-0.4, -0.2) is 38.0 Å². The molecule has 1 aliphatic rings. The molecule has 1 aliphatic carbocycles. The van der Waals surface area contributed by atoms with Crippen molar-refractivity contribution in [3.05, 3.63) is 0 Å². The normalized spacial score (nSPS) is 26.7. The summed E-state index contributed by atoms with van der Waals surface area (Å²) < 4.78 is 1.60. The van der Waals surface area contributed by atoms with Crippen LogP contribution in [0.4, 0.5) is 5.95 Å². The molecule has 1 saturated carbocycles. The molecule has 78 valence electrons. The van der Waals surface area contributed by atoms with Crippen molar-refractivity contribution in [1.29, 1.82) is 0 Å². The molecule has 14 heavy (non-hydrogen) atoms. The van der Waals surface area contributed by atoms with Crippen molar-refractivity contribution in [3.63, 3.8) is 0 Å². The maximum atomic E-state index is 9.34. The summed E-state index contributed by atoms with van der Waals surface area (Å²) in [5.41, 5.74) is 0. The number of tetrazole rings is 1. The molecular weight excluding hydrogens is 182 g/mol. The molecule has 6 nitrogen and oxygen atoms in total. The van der Waals surface area contributed by atoms with Gasteiger partial charge in [0, 0.05) is 13.6 Å². The lowest BCUT2D eigenvalue weighted by Gasteiger charge is -2.09. The highest BCUT2D eigenvalue weighted by atomic mass is 16.3. The van der Waals surface area contributed by atoms with Gasteiger partial charge in [-0.05, 0) is 35.6 Å². The van der Waals surface area contributed by atoms with E-state index in [0.29, 0.717) is 11.9 Å². The fraction of sp³-hybridized carbons (Fsp3) is 0.875. The molecule has 2 unspecified atom stereocenters. The van der Waals surface area contributed by atoms with Crippen LogP contribution in [0.3, 0.4) is 0 Å². The Balaban J connectivity index is 1.80. The summed E-state index contributed by atoms with van der Waals surface area (Å²) in [6, 6.07) is 0. The van der Waals surface area contributed by atoms with Gasteiger partial charge in [-0.2, -0.15) is 0 Å². The highest BCUT2D eigenvalue weighted by molar-refractivity contribution is 5.20. The van der Waals surface area contributed by atoms with Crippen molar-refractivity contribution in [2.45, 2.75) is 25.4 Å². The largest absolute Gasteiger partial charge is 0.393 e. The number of aliphatic hydroxyl groups excluding tert-OH is 1. The maximum absolute atomic E-state index is 9.34. The number of aliphatic hydroxyl groups is 1. The Morgan fingerprint density at radius 2 is 2.43 bits per heavy atom. The van der Waals surface area contributed by atoms with E-state index in [1.807, 2.05) is 0 Å². The molecule has 0 spiro atoms. The van der Waals surface area contributed by atoms with Crippen LogP contribution in [0.2, 0.25) is 0 Å². The summed E-state index contributed by atoms with van der Waals surface area (Å²) in [6.07, 6.45) is 2.78. The number of anilines is 1. The smallest absolute Gasteiger partial charge is 0.242 e. The Morgan fingerprint density at radius 1 is 1.57 bits per heavy atom. The van der Waals surface area contributed by atoms with Gasteiger partial charge in [-0.1, -0.05) is 5.10 Å². The van der Waals surface area contributed by atoms with Crippen LogP contribution < -0.4 is 5.32 Å². The van der Waals surface area contributed by atoms with Gasteiger partial charge in [0.2, 0.25) is 5.95 Å². The standard InChI is InChI=1S/C8H15N5O/c1-13-8(10-11-12-13)9-5-6-2-3-7(14)4-6/h6-7,14H,2-5H2,1H3,(H,9,10,12). The van der Waals surface area contributed by atoms with Crippen LogP contribution in [0.15, 0.2) is 0 Å². The summed E-state index contributed by atoms with van der Waals surface area (Å²) in [6.45, 7) is 0.839. The number of aromatic nitrogens is 4. The van der Waals surface area contributed by atoms with Crippen LogP contribution in [0.5, 0.6) is 0 Å². The first-order valence-electron chi connectivity index (χ1n) is 4.90. The van der Waals surface area contributed by atoms with Gasteiger partial charge in [-0.15, -0.1) is 0 Å². The molecule has 1 aromatic heterocycles. The first kappa shape index (κ1) is 9.39. The van der Waals surface area contributed by atoms with Crippen molar-refractivity contribution >= 4 is 5.95 Å². The van der Waals surface area contributed by atoms with Crippen LogP contribution in [-0.2, 0) is 7.05 Å². The van der Waals surface area contributed by atoms with Crippen LogP contribution >= 0.6 is 0 Å². The first-order valence-corrected chi connectivity index (χ1v) is 4.90. The van der Waals surface area contributed by atoms with Crippen LogP contribution in [0.1, 0.15) is 19.3 Å². The first-order chi connectivity index (χ1) is 6.75. The Labute approximate surface area is 82.3 Å². The van der Waals surface area contributed by atoms with E-state index in [9.17, 15) is 5.11 Å². The fourth-order valence-corrected chi connectivity index (χ4v) is 1.85. The van der Waals surface area contributed by atoms with E-state index in [1.54, 1.807) is 11.7 Å². The SMILES string of the molecule is Cn1nnnc1NCC1CCC(O)C1. The second kappa shape index (κ2) is 3.91. The molecule has 2 N–H and O–H groups in total. The van der Waals surface area contributed by atoms with Gasteiger partial charge in [0.05, 0.1) is 6.10 Å². The lowest BCUT2D eigenvalue weighted by atomic mass is 10.1. The molecule has 0 amide bonds. The van der Waals surface area contributed by atoms with E-state index in [-0.39, 0.29) is 6.10 Å². The quantitative estimate of drug-likeness (QED) is 0.700. The number of hydrogen-bond acceptors (Lipinski definition) is 5. The van der Waals surface area contributed by atoms with Crippen molar-refractivity contribution in [2.24, 2.45) is 13.0 Å². The average molecular weight is 197 g/mol. The molecule has 0 saturated heterocycles. The molecule has 1 fully saturated rings. The van der Waals surface area contributed by atoms with E-state index in [0.717, 1.165) is 25.8 Å². The van der Waals surface area contributed by atoms with E-state index in [2.05, 4.69) is 20.8 Å². The number of rotatable bonds is 3. The Kier molecular flexibility index (Phi) is 2.62. The topological polar surface area (TPSA) is 75.9 Å². The number of nitrogens with zero attached hydrogens (tertiary/aromatic N) is 4. The van der Waals surface area contributed by atoms with Gasteiger partial charge < -0.3 is 10.4 Å². The summed E-state index contributed by atoms with van der Waals surface area (Å²) >= 11 is 0. The third kappa shape index (κ3) is 2.01. The lowest BCUT2D eigenvalue weighted by molar-refractivity contribution is 0.178. The van der Waals surface area contributed by atoms with E-state index >= 15 is 0 Å². The van der Waals surface area contributed by atoms with Crippen molar-refractivity contribution in [1.82, 2.24) is 20.2 Å². The molecule has 0 aromatic carbocycles. The molecule has 2 atom stereocenters. The molecule has 2 rings (SSSR count). The zero-order chi connectivity index (χ0) is 9.97. The minimum atomic E-state index is -0.112. The molecule has 1 heterocycles. The zero-order valence-corrected chi connectivity index (χ0v) is 8.22. The van der Waals surface area contributed by atoms with Gasteiger partial charge in [-0.25, -0.2) is 4.68 Å². The van der Waals surface area contributed by atoms with E-state index in [1.165, 1.54) is 0 Å². The molecule has 0 bridgehead atoms. The molecule has 6 heteroatoms. The van der Waals surface area contributed by atoms with Gasteiger partial charge in [0.25, 0.3) is 0 Å². The van der Waals surface area contributed by atoms with Crippen LogP contribution in [0, 0.1) is 5.92 Å². The minimum Gasteiger partial charge on any atom is -0.393 e. The van der Waals surface area contributed by atoms with Crippen molar-refractivity contribution in [3.8, 4) is 0 Å². The van der Waals surface area contributed by atoms with Crippen molar-refractivity contribution < 1.29 is 5.11 Å². The molecule has 0 aliphatic heterocycles. The summed E-state index contributed by atoms with van der Waals surface area (Å²) in [5.74, 6) is 1.23. The highest BCUT2D eigenvalue weighted by Crippen LogP contribution is 2.25. The third-order valence-corrected chi connectivity index (χ3v) is 2.68. The Bertz CT molecular complexity index is 300. The number of nitrogens with one attached hydrogen (secondary N) is 1. The van der Waals surface area contributed by atoms with Gasteiger partial charge >= 0.3 is 0 Å². The summed E-state index contributed by atoms with van der Waals surface area (Å²) in [7, 11) is 1.80. The summed E-state index contributed by atoms with van der Waals surface area (Å²) in [4.78, 5) is 0. The van der Waals surface area contributed by atoms with Crippen molar-refractivity contribution in [2.75, 3.05) is 11.9 Å². The third-order valence-electron chi connectivity index (χ3n) is 2.68. The lowest BCUT2D eigenvalue weighted by Crippen LogP contribution is -2.15. The van der Waals surface area contributed by atoms with Gasteiger partial charge in [0.15, 0.2) is 0 Å². The Hall–Kier alpha value is -1.17. The second-order valence-electron chi connectivity index (χ2n) is 3.84. The second-order valence-corrected chi connectivity index (χ2v) is 3.84. The predicted molar refractivity (Wildman–Crippen MR) is 50.6 cm³/mol. The molecule has 1 aromatic rings. The minimum absolute atomic E-state index is 0.112. The maximum Gasteiger partial charge on any atom is 0.242 e. The van der Waals surface area contributed by atoms with Gasteiger partial charge in [0.1, 0.15) is 0 Å². The zero-order valence-electron chi connectivity index (χ0n) is 8.22.